The topological polar surface area (TPSA) is 44.5 Å². The molecule has 0 spiro atoms. The van der Waals surface area contributed by atoms with Gasteiger partial charge < -0.3 is 15.2 Å². The highest BCUT2D eigenvalue weighted by molar-refractivity contribution is 5.38. The monoisotopic (exact) mass is 299 g/mol. The quantitative estimate of drug-likeness (QED) is 0.878. The molecule has 0 bridgehead atoms. The first-order valence-corrected chi connectivity index (χ1v) is 7.50. The molecule has 0 aliphatic rings. The van der Waals surface area contributed by atoms with E-state index in [2.05, 4.69) is 38.1 Å². The summed E-state index contributed by atoms with van der Waals surface area (Å²) < 4.78 is 10.5. The number of methoxy groups -OCH3 is 2. The number of nitrogens with two attached hydrogens (primary N) is 1. The molecule has 0 radical (unpaired) electrons. The zero-order chi connectivity index (χ0) is 16.2. The first kappa shape index (κ1) is 16.4. The molecule has 0 heterocycles. The minimum Gasteiger partial charge on any atom is -0.497 e. The second kappa shape index (κ2) is 6.84. The molecule has 22 heavy (non-hydrogen) atoms. The van der Waals surface area contributed by atoms with Crippen LogP contribution in [0.25, 0.3) is 0 Å². The minimum atomic E-state index is -0.246. The fraction of sp³-hybridized carbons (Fsp3) is 0.368. The van der Waals surface area contributed by atoms with E-state index in [0.29, 0.717) is 0 Å². The Morgan fingerprint density at radius 3 is 1.45 bits per heavy atom. The zero-order valence-electron chi connectivity index (χ0n) is 13.8. The van der Waals surface area contributed by atoms with Crippen molar-refractivity contribution in [3.63, 3.8) is 0 Å². The lowest BCUT2D eigenvalue weighted by Gasteiger charge is -2.27. The lowest BCUT2D eigenvalue weighted by Crippen LogP contribution is -2.34. The van der Waals surface area contributed by atoms with Gasteiger partial charge in [-0.2, -0.15) is 0 Å². The summed E-state index contributed by atoms with van der Waals surface area (Å²) in [7, 11) is 3.36. The Morgan fingerprint density at radius 1 is 0.818 bits per heavy atom. The summed E-state index contributed by atoms with van der Waals surface area (Å²) in [5.41, 5.74) is 8.51. The SMILES string of the molecule is COc1ccc(C(CC(C)(C)N)c2ccc(OC)cc2)cc1. The Bertz CT molecular complexity index is 535. The van der Waals surface area contributed by atoms with Crippen LogP contribution in [0.15, 0.2) is 48.5 Å². The second-order valence-corrected chi connectivity index (χ2v) is 6.29. The Kier molecular flexibility index (Phi) is 5.09. The predicted octanol–water partition coefficient (Wildman–Crippen LogP) is 3.96. The van der Waals surface area contributed by atoms with Crippen molar-refractivity contribution in [3.8, 4) is 11.5 Å². The van der Waals surface area contributed by atoms with E-state index < -0.39 is 0 Å². The van der Waals surface area contributed by atoms with Gasteiger partial charge in [-0.05, 0) is 55.7 Å². The van der Waals surface area contributed by atoms with Crippen molar-refractivity contribution in [2.24, 2.45) is 5.73 Å². The largest absolute Gasteiger partial charge is 0.497 e. The minimum absolute atomic E-state index is 0.246. The third-order valence-electron chi connectivity index (χ3n) is 3.77. The fourth-order valence-corrected chi connectivity index (χ4v) is 2.63. The Morgan fingerprint density at radius 2 is 1.18 bits per heavy atom. The van der Waals surface area contributed by atoms with E-state index in [1.165, 1.54) is 11.1 Å². The van der Waals surface area contributed by atoms with Crippen molar-refractivity contribution < 1.29 is 9.47 Å². The third kappa shape index (κ3) is 4.25. The molecule has 0 saturated heterocycles. The van der Waals surface area contributed by atoms with E-state index >= 15 is 0 Å². The normalized spacial score (nSPS) is 11.5. The van der Waals surface area contributed by atoms with Crippen molar-refractivity contribution in [3.05, 3.63) is 59.7 Å². The number of hydrogen-bond donors (Lipinski definition) is 1. The van der Waals surface area contributed by atoms with Gasteiger partial charge in [0.25, 0.3) is 0 Å². The molecule has 2 aromatic carbocycles. The van der Waals surface area contributed by atoms with E-state index in [1.54, 1.807) is 14.2 Å². The van der Waals surface area contributed by atoms with Crippen LogP contribution >= 0.6 is 0 Å². The molecule has 0 aromatic heterocycles. The molecule has 0 fully saturated rings. The lowest BCUT2D eigenvalue weighted by molar-refractivity contribution is 0.413. The van der Waals surface area contributed by atoms with Crippen molar-refractivity contribution in [1.29, 1.82) is 0 Å². The Balaban J connectivity index is 2.35. The molecular formula is C19H25NO2. The molecule has 0 saturated carbocycles. The van der Waals surface area contributed by atoms with Gasteiger partial charge in [0.2, 0.25) is 0 Å². The van der Waals surface area contributed by atoms with Crippen LogP contribution in [0.5, 0.6) is 11.5 Å². The number of benzene rings is 2. The molecular weight excluding hydrogens is 274 g/mol. The molecule has 2 N–H and O–H groups in total. The van der Waals surface area contributed by atoms with Crippen LogP contribution in [0.2, 0.25) is 0 Å². The summed E-state index contributed by atoms with van der Waals surface area (Å²) in [6, 6.07) is 16.4. The van der Waals surface area contributed by atoms with Crippen molar-refractivity contribution in [1.82, 2.24) is 0 Å². The van der Waals surface area contributed by atoms with Gasteiger partial charge in [-0.25, -0.2) is 0 Å². The zero-order valence-corrected chi connectivity index (χ0v) is 13.8. The Labute approximate surface area is 133 Å². The first-order valence-electron chi connectivity index (χ1n) is 7.50. The molecule has 2 aromatic rings. The molecule has 0 aliphatic heterocycles. The molecule has 0 atom stereocenters. The summed E-state index contributed by atoms with van der Waals surface area (Å²) >= 11 is 0. The average molecular weight is 299 g/mol. The van der Waals surface area contributed by atoms with Crippen LogP contribution in [0.3, 0.4) is 0 Å². The van der Waals surface area contributed by atoms with Gasteiger partial charge in [0.05, 0.1) is 14.2 Å². The Hall–Kier alpha value is -2.00. The predicted molar refractivity (Wildman–Crippen MR) is 90.7 cm³/mol. The van der Waals surface area contributed by atoms with Crippen LogP contribution < -0.4 is 15.2 Å². The smallest absolute Gasteiger partial charge is 0.118 e. The number of rotatable bonds is 6. The third-order valence-corrected chi connectivity index (χ3v) is 3.77. The summed E-state index contributed by atoms with van der Waals surface area (Å²) in [6.07, 6.45) is 0.867. The molecule has 3 nitrogen and oxygen atoms in total. The van der Waals surface area contributed by atoms with E-state index in [9.17, 15) is 0 Å². The summed E-state index contributed by atoms with van der Waals surface area (Å²) in [6.45, 7) is 4.13. The van der Waals surface area contributed by atoms with Gasteiger partial charge in [-0.15, -0.1) is 0 Å². The lowest BCUT2D eigenvalue weighted by atomic mass is 9.82. The van der Waals surface area contributed by atoms with Gasteiger partial charge in [0, 0.05) is 11.5 Å². The highest BCUT2D eigenvalue weighted by Crippen LogP contribution is 2.33. The fourth-order valence-electron chi connectivity index (χ4n) is 2.63. The van der Waals surface area contributed by atoms with Crippen LogP contribution in [0.4, 0.5) is 0 Å². The standard InChI is InChI=1S/C19H25NO2/c1-19(2,20)13-18(14-5-9-16(21-3)10-6-14)15-7-11-17(22-4)12-8-15/h5-12,18H,13,20H2,1-4H3. The van der Waals surface area contributed by atoms with Crippen LogP contribution in [0, 0.1) is 0 Å². The molecule has 2 rings (SSSR count). The molecule has 0 aliphatic carbocycles. The second-order valence-electron chi connectivity index (χ2n) is 6.29. The van der Waals surface area contributed by atoms with Crippen molar-refractivity contribution >= 4 is 0 Å². The number of ether oxygens (including phenoxy) is 2. The maximum absolute atomic E-state index is 6.27. The maximum Gasteiger partial charge on any atom is 0.118 e. The van der Waals surface area contributed by atoms with Gasteiger partial charge in [0.15, 0.2) is 0 Å². The van der Waals surface area contributed by atoms with Crippen LogP contribution in [-0.4, -0.2) is 19.8 Å². The van der Waals surface area contributed by atoms with Gasteiger partial charge in [-0.3, -0.25) is 0 Å². The highest BCUT2D eigenvalue weighted by Gasteiger charge is 2.22. The average Bonchev–Trinajstić information content (AvgIpc) is 2.52. The van der Waals surface area contributed by atoms with Crippen LogP contribution in [0.1, 0.15) is 37.3 Å². The van der Waals surface area contributed by atoms with Crippen molar-refractivity contribution in [2.75, 3.05) is 14.2 Å². The van der Waals surface area contributed by atoms with Gasteiger partial charge in [0.1, 0.15) is 11.5 Å². The van der Waals surface area contributed by atoms with Crippen LogP contribution in [-0.2, 0) is 0 Å². The maximum atomic E-state index is 6.27. The summed E-state index contributed by atoms with van der Waals surface area (Å²) in [5, 5.41) is 0. The molecule has 118 valence electrons. The van der Waals surface area contributed by atoms with E-state index in [1.807, 2.05) is 24.3 Å². The van der Waals surface area contributed by atoms with Crippen molar-refractivity contribution in [2.45, 2.75) is 31.7 Å². The van der Waals surface area contributed by atoms with E-state index in [-0.39, 0.29) is 11.5 Å². The van der Waals surface area contributed by atoms with Gasteiger partial charge >= 0.3 is 0 Å². The first-order chi connectivity index (χ1) is 10.4. The number of hydrogen-bond acceptors (Lipinski definition) is 3. The molecule has 0 amide bonds. The highest BCUT2D eigenvalue weighted by atomic mass is 16.5. The summed E-state index contributed by atoms with van der Waals surface area (Å²) in [5.74, 6) is 1.98. The molecule has 3 heteroatoms. The van der Waals surface area contributed by atoms with E-state index in [4.69, 9.17) is 15.2 Å². The van der Waals surface area contributed by atoms with E-state index in [0.717, 1.165) is 17.9 Å². The molecule has 0 unspecified atom stereocenters. The summed E-state index contributed by atoms with van der Waals surface area (Å²) in [4.78, 5) is 0. The van der Waals surface area contributed by atoms with Gasteiger partial charge in [-0.1, -0.05) is 24.3 Å².